The molecule has 2 aromatic rings. The molecule has 1 aliphatic carbocycles. The molecule has 0 amide bonds. The molecule has 1 aliphatic rings. The van der Waals surface area contributed by atoms with E-state index in [1.165, 1.54) is 43.2 Å². The van der Waals surface area contributed by atoms with Gasteiger partial charge < -0.3 is 18.9 Å². The van der Waals surface area contributed by atoms with Gasteiger partial charge in [-0.3, -0.25) is 0 Å². The van der Waals surface area contributed by atoms with Crippen LogP contribution < -0.4 is 14.2 Å². The van der Waals surface area contributed by atoms with E-state index >= 15 is 0 Å². The van der Waals surface area contributed by atoms with Crippen molar-refractivity contribution >= 4 is 0 Å². The third-order valence-corrected chi connectivity index (χ3v) is 6.40. The molecule has 4 heteroatoms. The Labute approximate surface area is 194 Å². The number of hydrogen-bond donors (Lipinski definition) is 0. The summed E-state index contributed by atoms with van der Waals surface area (Å²) in [5.74, 6) is 3.59. The Balaban J connectivity index is 1.43. The molecule has 2 aromatic carbocycles. The summed E-state index contributed by atoms with van der Waals surface area (Å²) in [7, 11) is 0. The summed E-state index contributed by atoms with van der Waals surface area (Å²) in [6.45, 7) is 9.85. The van der Waals surface area contributed by atoms with Gasteiger partial charge in [0.25, 0.3) is 0 Å². The Morgan fingerprint density at radius 2 is 1.59 bits per heavy atom. The summed E-state index contributed by atoms with van der Waals surface area (Å²) in [5, 5.41) is 0. The SMILES string of the molecule is CCOc1cc(C(C)CC)ccc1OC(C)OCCOc1ccc(C2CCCCC2)cc1. The first kappa shape index (κ1) is 24.4. The Hall–Kier alpha value is -2.20. The van der Waals surface area contributed by atoms with E-state index in [0.29, 0.717) is 31.5 Å². The van der Waals surface area contributed by atoms with Crippen molar-refractivity contribution in [2.24, 2.45) is 0 Å². The van der Waals surface area contributed by atoms with E-state index < -0.39 is 0 Å². The molecule has 3 rings (SSSR count). The Morgan fingerprint density at radius 3 is 2.28 bits per heavy atom. The van der Waals surface area contributed by atoms with Crippen LogP contribution in [-0.2, 0) is 4.74 Å². The van der Waals surface area contributed by atoms with Crippen LogP contribution in [0.3, 0.4) is 0 Å². The molecule has 0 spiro atoms. The molecule has 0 aliphatic heterocycles. The largest absolute Gasteiger partial charge is 0.491 e. The molecule has 2 atom stereocenters. The second-order valence-corrected chi connectivity index (χ2v) is 8.76. The molecule has 1 fully saturated rings. The summed E-state index contributed by atoms with van der Waals surface area (Å²) >= 11 is 0. The summed E-state index contributed by atoms with van der Waals surface area (Å²) < 4.78 is 23.5. The summed E-state index contributed by atoms with van der Waals surface area (Å²) in [6, 6.07) is 14.8. The normalized spacial score (nSPS) is 16.4. The summed E-state index contributed by atoms with van der Waals surface area (Å²) in [6.07, 6.45) is 7.43. The van der Waals surface area contributed by atoms with Crippen LogP contribution in [0, 0.1) is 0 Å². The lowest BCUT2D eigenvalue weighted by atomic mass is 9.84. The summed E-state index contributed by atoms with van der Waals surface area (Å²) in [4.78, 5) is 0. The van der Waals surface area contributed by atoms with Gasteiger partial charge in [-0.05, 0) is 80.3 Å². The van der Waals surface area contributed by atoms with Gasteiger partial charge in [-0.25, -0.2) is 0 Å². The van der Waals surface area contributed by atoms with Crippen LogP contribution in [0.5, 0.6) is 17.2 Å². The number of rotatable bonds is 12. The zero-order valence-corrected chi connectivity index (χ0v) is 20.3. The average molecular weight is 441 g/mol. The number of benzene rings is 2. The Kier molecular flexibility index (Phi) is 9.73. The molecule has 176 valence electrons. The topological polar surface area (TPSA) is 36.9 Å². The lowest BCUT2D eigenvalue weighted by Crippen LogP contribution is -2.20. The predicted molar refractivity (Wildman–Crippen MR) is 130 cm³/mol. The van der Waals surface area contributed by atoms with Gasteiger partial charge >= 0.3 is 0 Å². The predicted octanol–water partition coefficient (Wildman–Crippen LogP) is 7.47. The van der Waals surface area contributed by atoms with Crippen LogP contribution in [-0.4, -0.2) is 26.1 Å². The van der Waals surface area contributed by atoms with Gasteiger partial charge in [0.1, 0.15) is 12.4 Å². The first-order valence-corrected chi connectivity index (χ1v) is 12.4. The van der Waals surface area contributed by atoms with Gasteiger partial charge in [0.15, 0.2) is 17.8 Å². The molecule has 0 bridgehead atoms. The second kappa shape index (κ2) is 12.7. The van der Waals surface area contributed by atoms with Crippen LogP contribution in [0.25, 0.3) is 0 Å². The van der Waals surface area contributed by atoms with E-state index in [0.717, 1.165) is 23.8 Å². The van der Waals surface area contributed by atoms with Crippen LogP contribution >= 0.6 is 0 Å². The lowest BCUT2D eigenvalue weighted by molar-refractivity contribution is -0.0749. The first-order valence-electron chi connectivity index (χ1n) is 12.4. The van der Waals surface area contributed by atoms with Crippen molar-refractivity contribution in [3.63, 3.8) is 0 Å². The van der Waals surface area contributed by atoms with Crippen molar-refractivity contribution in [1.29, 1.82) is 0 Å². The van der Waals surface area contributed by atoms with Crippen LogP contribution in [0.4, 0.5) is 0 Å². The van der Waals surface area contributed by atoms with E-state index in [1.54, 1.807) is 0 Å². The fraction of sp³-hybridized carbons (Fsp3) is 0.571. The van der Waals surface area contributed by atoms with Gasteiger partial charge in [-0.2, -0.15) is 0 Å². The van der Waals surface area contributed by atoms with Gasteiger partial charge in [0.05, 0.1) is 13.2 Å². The van der Waals surface area contributed by atoms with Crippen molar-refractivity contribution in [2.75, 3.05) is 19.8 Å². The van der Waals surface area contributed by atoms with Crippen LogP contribution in [0.15, 0.2) is 42.5 Å². The molecule has 0 heterocycles. The number of hydrogen-bond acceptors (Lipinski definition) is 4. The minimum absolute atomic E-state index is 0.388. The van der Waals surface area contributed by atoms with E-state index in [9.17, 15) is 0 Å². The highest BCUT2D eigenvalue weighted by Gasteiger charge is 2.15. The third kappa shape index (κ3) is 7.16. The molecule has 32 heavy (non-hydrogen) atoms. The van der Waals surface area contributed by atoms with Crippen molar-refractivity contribution in [3.05, 3.63) is 53.6 Å². The maximum atomic E-state index is 6.00. The van der Waals surface area contributed by atoms with E-state index in [-0.39, 0.29) is 6.29 Å². The number of ether oxygens (including phenoxy) is 4. The van der Waals surface area contributed by atoms with Gasteiger partial charge in [-0.1, -0.05) is 51.3 Å². The minimum atomic E-state index is -0.388. The average Bonchev–Trinajstić information content (AvgIpc) is 2.83. The smallest absolute Gasteiger partial charge is 0.197 e. The second-order valence-electron chi connectivity index (χ2n) is 8.76. The van der Waals surface area contributed by atoms with Crippen molar-refractivity contribution in [2.45, 2.75) is 84.3 Å². The van der Waals surface area contributed by atoms with Crippen LogP contribution in [0.1, 0.15) is 89.2 Å². The maximum Gasteiger partial charge on any atom is 0.197 e. The zero-order valence-electron chi connectivity index (χ0n) is 20.3. The van der Waals surface area contributed by atoms with Gasteiger partial charge in [0, 0.05) is 0 Å². The highest BCUT2D eigenvalue weighted by Crippen LogP contribution is 2.34. The maximum absolute atomic E-state index is 6.00. The van der Waals surface area contributed by atoms with Gasteiger partial charge in [-0.15, -0.1) is 0 Å². The minimum Gasteiger partial charge on any atom is -0.491 e. The van der Waals surface area contributed by atoms with E-state index in [1.807, 2.05) is 19.9 Å². The van der Waals surface area contributed by atoms with Crippen LogP contribution in [0.2, 0.25) is 0 Å². The van der Waals surface area contributed by atoms with E-state index in [4.69, 9.17) is 18.9 Å². The fourth-order valence-corrected chi connectivity index (χ4v) is 4.29. The highest BCUT2D eigenvalue weighted by atomic mass is 16.7. The molecular formula is C28H40O4. The molecule has 2 unspecified atom stereocenters. The molecule has 0 N–H and O–H groups in total. The fourth-order valence-electron chi connectivity index (χ4n) is 4.29. The Bertz CT molecular complexity index is 796. The zero-order chi connectivity index (χ0) is 22.8. The van der Waals surface area contributed by atoms with E-state index in [2.05, 4.69) is 50.2 Å². The standard InChI is InChI=1S/C28H40O4/c1-5-21(3)25-14-17-27(28(20-25)29-6-2)32-22(4)30-18-19-31-26-15-12-24(13-16-26)23-10-8-7-9-11-23/h12-17,20-23H,5-11,18-19H2,1-4H3. The van der Waals surface area contributed by atoms with Gasteiger partial charge in [0.2, 0.25) is 0 Å². The Morgan fingerprint density at radius 1 is 0.844 bits per heavy atom. The summed E-state index contributed by atoms with van der Waals surface area (Å²) in [5.41, 5.74) is 2.71. The van der Waals surface area contributed by atoms with Crippen molar-refractivity contribution < 1.29 is 18.9 Å². The quantitative estimate of drug-likeness (QED) is 0.253. The monoisotopic (exact) mass is 440 g/mol. The van der Waals surface area contributed by atoms with Crippen molar-refractivity contribution in [1.82, 2.24) is 0 Å². The molecule has 0 aromatic heterocycles. The molecule has 1 saturated carbocycles. The third-order valence-electron chi connectivity index (χ3n) is 6.40. The molecule has 0 radical (unpaired) electrons. The lowest BCUT2D eigenvalue weighted by Gasteiger charge is -2.22. The molecular weight excluding hydrogens is 400 g/mol. The highest BCUT2D eigenvalue weighted by molar-refractivity contribution is 5.44. The molecule has 4 nitrogen and oxygen atoms in total. The first-order chi connectivity index (χ1) is 15.6. The molecule has 0 saturated heterocycles. The van der Waals surface area contributed by atoms with Crippen molar-refractivity contribution in [3.8, 4) is 17.2 Å².